The van der Waals surface area contributed by atoms with Gasteiger partial charge in [-0.3, -0.25) is 14.4 Å². The van der Waals surface area contributed by atoms with Crippen LogP contribution in [0.2, 0.25) is 0 Å². The fourth-order valence-electron chi connectivity index (χ4n) is 4.66. The van der Waals surface area contributed by atoms with E-state index >= 15 is 0 Å². The lowest BCUT2D eigenvalue weighted by Crippen LogP contribution is -2.43. The molecule has 2 aliphatic heterocycles. The molecule has 1 fully saturated rings. The maximum absolute atomic E-state index is 4.96. The molecule has 5 heteroatoms. The molecule has 148 valence electrons. The molecule has 3 atom stereocenters. The summed E-state index contributed by atoms with van der Waals surface area (Å²) >= 11 is 0. The fraction of sp³-hybridized carbons (Fsp3) is 0.375. The van der Waals surface area contributed by atoms with E-state index in [1.807, 2.05) is 24.5 Å². The Bertz CT molecular complexity index is 1080. The smallest absolute Gasteiger partial charge is 0.137 e. The molecule has 1 N–H and O–H groups in total. The van der Waals surface area contributed by atoms with Crippen molar-refractivity contribution in [3.8, 4) is 11.3 Å². The molecule has 0 radical (unpaired) electrons. The largest absolute Gasteiger partial charge is 0.300 e. The highest BCUT2D eigenvalue weighted by molar-refractivity contribution is 6.04. The van der Waals surface area contributed by atoms with E-state index in [0.717, 1.165) is 42.0 Å². The van der Waals surface area contributed by atoms with E-state index in [-0.39, 0.29) is 6.04 Å². The van der Waals surface area contributed by atoms with Gasteiger partial charge in [0.15, 0.2) is 0 Å². The molecule has 3 aromatic heterocycles. The van der Waals surface area contributed by atoms with Crippen LogP contribution in [0.3, 0.4) is 0 Å². The van der Waals surface area contributed by atoms with Crippen LogP contribution < -0.4 is 5.32 Å². The minimum absolute atomic E-state index is 0.258. The molecule has 0 saturated carbocycles. The lowest BCUT2D eigenvalue weighted by atomic mass is 9.89. The van der Waals surface area contributed by atoms with Gasteiger partial charge in [0.1, 0.15) is 5.65 Å². The molecule has 3 aromatic rings. The summed E-state index contributed by atoms with van der Waals surface area (Å²) in [6.07, 6.45) is 11.7. The number of dihydropyridines is 1. The molecule has 5 nitrogen and oxygen atoms in total. The van der Waals surface area contributed by atoms with Crippen molar-refractivity contribution in [3.63, 3.8) is 0 Å². The van der Waals surface area contributed by atoms with Crippen molar-refractivity contribution in [1.29, 1.82) is 0 Å². The standard InChI is InChI=1S/C24H27N5/c1-16-13-17(2)24(26-14-16)20-6-3-5-19(27-20)21-15-29-22(7-4-8-23(29)28-21)18-9-11-25-12-10-18/h4,7-13,15-16,19-20,27H,3,5-6,14H2,1-2H3/t16?,19-,20+/m1/s1. The summed E-state index contributed by atoms with van der Waals surface area (Å²) in [5, 5.41) is 3.85. The number of hydrogen-bond donors (Lipinski definition) is 1. The van der Waals surface area contributed by atoms with Crippen molar-refractivity contribution >= 4 is 11.4 Å². The van der Waals surface area contributed by atoms with Crippen LogP contribution in [0, 0.1) is 5.92 Å². The second-order valence-corrected chi connectivity index (χ2v) is 8.30. The van der Waals surface area contributed by atoms with Gasteiger partial charge in [0.2, 0.25) is 0 Å². The van der Waals surface area contributed by atoms with E-state index in [9.17, 15) is 0 Å². The topological polar surface area (TPSA) is 54.6 Å². The summed E-state index contributed by atoms with van der Waals surface area (Å²) in [5.74, 6) is 0.545. The van der Waals surface area contributed by atoms with Gasteiger partial charge in [0, 0.05) is 36.7 Å². The lowest BCUT2D eigenvalue weighted by molar-refractivity contribution is 0.370. The Morgan fingerprint density at radius 3 is 2.72 bits per heavy atom. The molecule has 0 aliphatic carbocycles. The molecule has 1 saturated heterocycles. The summed E-state index contributed by atoms with van der Waals surface area (Å²) in [5.41, 5.74) is 6.96. The van der Waals surface area contributed by atoms with Crippen LogP contribution in [0.5, 0.6) is 0 Å². The van der Waals surface area contributed by atoms with Crippen molar-refractivity contribution in [2.75, 3.05) is 6.54 Å². The molecular weight excluding hydrogens is 358 g/mol. The molecule has 5 rings (SSSR count). The zero-order valence-electron chi connectivity index (χ0n) is 17.0. The van der Waals surface area contributed by atoms with E-state index in [1.54, 1.807) is 0 Å². The van der Waals surface area contributed by atoms with Gasteiger partial charge in [-0.25, -0.2) is 4.98 Å². The molecular formula is C24H27N5. The normalized spacial score (nSPS) is 25.0. The number of aromatic nitrogens is 3. The third-order valence-electron chi connectivity index (χ3n) is 6.05. The van der Waals surface area contributed by atoms with Crippen molar-refractivity contribution in [2.45, 2.75) is 45.2 Å². The molecule has 0 aromatic carbocycles. The van der Waals surface area contributed by atoms with E-state index in [0.29, 0.717) is 12.0 Å². The van der Waals surface area contributed by atoms with Gasteiger partial charge < -0.3 is 5.32 Å². The number of pyridine rings is 2. The molecule has 0 spiro atoms. The van der Waals surface area contributed by atoms with Crippen molar-refractivity contribution < 1.29 is 0 Å². The van der Waals surface area contributed by atoms with E-state index in [1.165, 1.54) is 17.7 Å². The Hall–Kier alpha value is -2.79. The molecule has 29 heavy (non-hydrogen) atoms. The second-order valence-electron chi connectivity index (χ2n) is 8.30. The maximum Gasteiger partial charge on any atom is 0.137 e. The summed E-state index contributed by atoms with van der Waals surface area (Å²) in [6, 6.07) is 11.0. The van der Waals surface area contributed by atoms with Crippen LogP contribution in [-0.4, -0.2) is 32.7 Å². The molecule has 1 unspecified atom stereocenters. The predicted octanol–water partition coefficient (Wildman–Crippen LogP) is 4.62. The number of fused-ring (bicyclic) bond motifs is 1. The first-order valence-electron chi connectivity index (χ1n) is 10.6. The van der Waals surface area contributed by atoms with Crippen LogP contribution in [0.4, 0.5) is 0 Å². The number of piperidine rings is 1. The fourth-order valence-corrected chi connectivity index (χ4v) is 4.66. The van der Waals surface area contributed by atoms with E-state index in [4.69, 9.17) is 9.98 Å². The van der Waals surface area contributed by atoms with Crippen molar-refractivity contribution in [3.05, 3.63) is 66.3 Å². The average Bonchev–Trinajstić information content (AvgIpc) is 3.19. The molecule has 2 aliphatic rings. The van der Waals surface area contributed by atoms with Crippen molar-refractivity contribution in [1.82, 2.24) is 19.7 Å². The number of hydrogen-bond acceptors (Lipinski definition) is 4. The molecule has 0 amide bonds. The number of nitrogens with one attached hydrogen (secondary N) is 1. The third-order valence-corrected chi connectivity index (χ3v) is 6.05. The summed E-state index contributed by atoms with van der Waals surface area (Å²) < 4.78 is 2.20. The Balaban J connectivity index is 1.45. The SMILES string of the molecule is CC1=CC(C)CN=C1[C@@H]1CCC[C@H](c2cn3c(-c4ccncc4)cccc3n2)N1. The zero-order valence-corrected chi connectivity index (χ0v) is 17.0. The number of aliphatic imine (C=N–C) groups is 1. The monoisotopic (exact) mass is 385 g/mol. The van der Waals surface area contributed by atoms with Gasteiger partial charge in [-0.2, -0.15) is 0 Å². The van der Waals surface area contributed by atoms with Gasteiger partial charge in [-0.15, -0.1) is 0 Å². The first kappa shape index (κ1) is 18.3. The molecule has 0 bridgehead atoms. The van der Waals surface area contributed by atoms with E-state index in [2.05, 4.69) is 59.0 Å². The number of nitrogens with zero attached hydrogens (tertiary/aromatic N) is 4. The highest BCUT2D eigenvalue weighted by Crippen LogP contribution is 2.29. The average molecular weight is 386 g/mol. The van der Waals surface area contributed by atoms with Crippen LogP contribution >= 0.6 is 0 Å². The Labute approximate surface area is 171 Å². The summed E-state index contributed by atoms with van der Waals surface area (Å²) in [4.78, 5) is 14.0. The van der Waals surface area contributed by atoms with Crippen molar-refractivity contribution in [2.24, 2.45) is 10.9 Å². The van der Waals surface area contributed by atoms with Crippen LogP contribution in [0.1, 0.15) is 44.8 Å². The maximum atomic E-state index is 4.96. The first-order valence-corrected chi connectivity index (χ1v) is 10.6. The van der Waals surface area contributed by atoms with Gasteiger partial charge in [0.05, 0.1) is 23.1 Å². The Morgan fingerprint density at radius 2 is 1.90 bits per heavy atom. The highest BCUT2D eigenvalue weighted by Gasteiger charge is 2.29. The lowest BCUT2D eigenvalue weighted by Gasteiger charge is -2.33. The van der Waals surface area contributed by atoms with Gasteiger partial charge in [-0.1, -0.05) is 19.1 Å². The van der Waals surface area contributed by atoms with Crippen LogP contribution in [0.15, 0.2) is 65.6 Å². The minimum atomic E-state index is 0.258. The second kappa shape index (κ2) is 7.56. The quantitative estimate of drug-likeness (QED) is 0.716. The predicted molar refractivity (Wildman–Crippen MR) is 117 cm³/mol. The van der Waals surface area contributed by atoms with Gasteiger partial charge in [0.25, 0.3) is 0 Å². The van der Waals surface area contributed by atoms with Gasteiger partial charge >= 0.3 is 0 Å². The minimum Gasteiger partial charge on any atom is -0.300 e. The third kappa shape index (κ3) is 3.51. The first-order chi connectivity index (χ1) is 14.2. The highest BCUT2D eigenvalue weighted by atomic mass is 15.1. The van der Waals surface area contributed by atoms with Crippen LogP contribution in [0.25, 0.3) is 16.9 Å². The Kier molecular flexibility index (Phi) is 4.76. The summed E-state index contributed by atoms with van der Waals surface area (Å²) in [6.45, 7) is 5.34. The summed E-state index contributed by atoms with van der Waals surface area (Å²) in [7, 11) is 0. The zero-order chi connectivity index (χ0) is 19.8. The van der Waals surface area contributed by atoms with Crippen LogP contribution in [-0.2, 0) is 0 Å². The van der Waals surface area contributed by atoms with Gasteiger partial charge in [-0.05, 0) is 61.9 Å². The number of rotatable bonds is 3. The van der Waals surface area contributed by atoms with E-state index < -0.39 is 0 Å². The Morgan fingerprint density at radius 1 is 1.07 bits per heavy atom. The number of imidazole rings is 1. The molecule has 5 heterocycles.